The third kappa shape index (κ3) is 3.46. The molecule has 1 aromatic carbocycles. The van der Waals surface area contributed by atoms with Crippen molar-refractivity contribution in [3.05, 3.63) is 28.2 Å². The molecule has 18 heavy (non-hydrogen) atoms. The predicted molar refractivity (Wildman–Crippen MR) is 75.7 cm³/mol. The van der Waals surface area contributed by atoms with Crippen LogP contribution in [0.3, 0.4) is 0 Å². The van der Waals surface area contributed by atoms with E-state index < -0.39 is 0 Å². The highest BCUT2D eigenvalue weighted by atomic mass is 79.9. The number of likely N-dealkylation sites (tertiary alicyclic amines) is 1. The van der Waals surface area contributed by atoms with Crippen molar-refractivity contribution < 1.29 is 9.84 Å². The van der Waals surface area contributed by atoms with Gasteiger partial charge in [0.2, 0.25) is 0 Å². The number of aromatic hydroxyl groups is 1. The number of ether oxygens (including phenoxy) is 1. The molecule has 1 N–H and O–H groups in total. The van der Waals surface area contributed by atoms with Crippen LogP contribution in [0.25, 0.3) is 0 Å². The van der Waals surface area contributed by atoms with Gasteiger partial charge in [-0.2, -0.15) is 0 Å². The molecule has 0 spiro atoms. The number of piperidine rings is 1. The molecule has 0 aliphatic carbocycles. The molecule has 0 saturated carbocycles. The van der Waals surface area contributed by atoms with Crippen LogP contribution in [0.15, 0.2) is 22.7 Å². The number of nitrogens with zero attached hydrogens (tertiary/aromatic N) is 1. The molecule has 0 radical (unpaired) electrons. The summed E-state index contributed by atoms with van der Waals surface area (Å²) in [5.41, 5.74) is 0.974. The van der Waals surface area contributed by atoms with Crippen molar-refractivity contribution in [2.75, 3.05) is 19.7 Å². The molecule has 0 aromatic heterocycles. The Labute approximate surface area is 117 Å². The Balaban J connectivity index is 1.98. The van der Waals surface area contributed by atoms with Gasteiger partial charge in [0.1, 0.15) is 5.75 Å². The van der Waals surface area contributed by atoms with Crippen LogP contribution in [-0.2, 0) is 11.3 Å². The number of benzene rings is 1. The zero-order valence-electron chi connectivity index (χ0n) is 10.7. The summed E-state index contributed by atoms with van der Waals surface area (Å²) in [6.07, 6.45) is 2.66. The average Bonchev–Trinajstić information content (AvgIpc) is 2.36. The number of hydrogen-bond donors (Lipinski definition) is 1. The van der Waals surface area contributed by atoms with Crippen molar-refractivity contribution >= 4 is 15.9 Å². The Morgan fingerprint density at radius 2 is 2.33 bits per heavy atom. The molecular formula is C14H20BrNO2. The topological polar surface area (TPSA) is 32.7 Å². The molecular weight excluding hydrogens is 294 g/mol. The van der Waals surface area contributed by atoms with Crippen LogP contribution in [0.5, 0.6) is 5.75 Å². The molecule has 1 aliphatic heterocycles. The molecule has 100 valence electrons. The van der Waals surface area contributed by atoms with Gasteiger partial charge < -0.3 is 9.84 Å². The maximum absolute atomic E-state index is 9.99. The van der Waals surface area contributed by atoms with Crippen molar-refractivity contribution in [3.63, 3.8) is 0 Å². The van der Waals surface area contributed by atoms with Crippen LogP contribution in [-0.4, -0.2) is 35.8 Å². The SMILES string of the molecule is CCOC1CCCN(Cc2cccc(Br)c2O)C1. The van der Waals surface area contributed by atoms with Crippen molar-refractivity contribution in [2.45, 2.75) is 32.4 Å². The summed E-state index contributed by atoms with van der Waals surface area (Å²) in [4.78, 5) is 2.35. The number of phenolic OH excluding ortho intramolecular Hbond substituents is 1. The van der Waals surface area contributed by atoms with Gasteiger partial charge in [0.15, 0.2) is 0 Å². The molecule has 1 aliphatic rings. The minimum absolute atomic E-state index is 0.345. The monoisotopic (exact) mass is 313 g/mol. The van der Waals surface area contributed by atoms with Crippen LogP contribution in [0.2, 0.25) is 0 Å². The molecule has 1 fully saturated rings. The normalized spacial score (nSPS) is 21.1. The second-order valence-corrected chi connectivity index (χ2v) is 5.56. The van der Waals surface area contributed by atoms with Crippen LogP contribution in [0.1, 0.15) is 25.3 Å². The predicted octanol–water partition coefficient (Wildman–Crippen LogP) is 3.16. The van der Waals surface area contributed by atoms with E-state index in [1.54, 1.807) is 0 Å². The second kappa shape index (κ2) is 6.55. The Kier molecular flexibility index (Phi) is 5.03. The summed E-state index contributed by atoms with van der Waals surface area (Å²) >= 11 is 3.35. The van der Waals surface area contributed by atoms with Gasteiger partial charge in [-0.15, -0.1) is 0 Å². The zero-order valence-corrected chi connectivity index (χ0v) is 12.3. The maximum atomic E-state index is 9.99. The molecule has 1 atom stereocenters. The van der Waals surface area contributed by atoms with E-state index in [2.05, 4.69) is 20.8 Å². The highest BCUT2D eigenvalue weighted by Gasteiger charge is 2.20. The third-order valence-electron chi connectivity index (χ3n) is 3.33. The second-order valence-electron chi connectivity index (χ2n) is 4.70. The lowest BCUT2D eigenvalue weighted by molar-refractivity contribution is 0.00345. The minimum Gasteiger partial charge on any atom is -0.506 e. The number of phenols is 1. The van der Waals surface area contributed by atoms with Crippen molar-refractivity contribution in [2.24, 2.45) is 0 Å². The van der Waals surface area contributed by atoms with Gasteiger partial charge >= 0.3 is 0 Å². The largest absolute Gasteiger partial charge is 0.506 e. The summed E-state index contributed by atoms with van der Waals surface area (Å²) < 4.78 is 6.45. The first-order valence-corrected chi connectivity index (χ1v) is 7.30. The molecule has 1 heterocycles. The summed E-state index contributed by atoms with van der Waals surface area (Å²) in [5, 5.41) is 9.99. The molecule has 0 amide bonds. The Bertz CT molecular complexity index is 395. The van der Waals surface area contributed by atoms with E-state index in [9.17, 15) is 5.11 Å². The Morgan fingerprint density at radius 3 is 3.11 bits per heavy atom. The molecule has 3 nitrogen and oxygen atoms in total. The summed E-state index contributed by atoms with van der Waals surface area (Å²) in [6, 6.07) is 5.80. The van der Waals surface area contributed by atoms with E-state index in [4.69, 9.17) is 4.74 Å². The number of halogens is 1. The van der Waals surface area contributed by atoms with Crippen LogP contribution in [0.4, 0.5) is 0 Å². The molecule has 0 bridgehead atoms. The summed E-state index contributed by atoms with van der Waals surface area (Å²) in [5.74, 6) is 0.357. The first-order chi connectivity index (χ1) is 8.70. The van der Waals surface area contributed by atoms with Crippen molar-refractivity contribution in [1.82, 2.24) is 4.90 Å². The Morgan fingerprint density at radius 1 is 1.50 bits per heavy atom. The van der Waals surface area contributed by atoms with Gasteiger partial charge in [0.05, 0.1) is 10.6 Å². The molecule has 4 heteroatoms. The number of hydrogen-bond acceptors (Lipinski definition) is 3. The molecule has 2 rings (SSSR count). The van der Waals surface area contributed by atoms with Gasteiger partial charge in [0.25, 0.3) is 0 Å². The lowest BCUT2D eigenvalue weighted by atomic mass is 10.1. The highest BCUT2D eigenvalue weighted by molar-refractivity contribution is 9.10. The maximum Gasteiger partial charge on any atom is 0.134 e. The molecule has 1 unspecified atom stereocenters. The van der Waals surface area contributed by atoms with E-state index in [-0.39, 0.29) is 0 Å². The molecule has 1 saturated heterocycles. The van der Waals surface area contributed by atoms with Crippen LogP contribution < -0.4 is 0 Å². The van der Waals surface area contributed by atoms with Gasteiger partial charge in [-0.1, -0.05) is 12.1 Å². The first-order valence-electron chi connectivity index (χ1n) is 6.51. The zero-order chi connectivity index (χ0) is 13.0. The fourth-order valence-corrected chi connectivity index (χ4v) is 2.86. The van der Waals surface area contributed by atoms with Crippen LogP contribution >= 0.6 is 15.9 Å². The van der Waals surface area contributed by atoms with E-state index >= 15 is 0 Å². The highest BCUT2D eigenvalue weighted by Crippen LogP contribution is 2.29. The van der Waals surface area contributed by atoms with Crippen molar-refractivity contribution in [1.29, 1.82) is 0 Å². The lowest BCUT2D eigenvalue weighted by Gasteiger charge is -2.32. The van der Waals surface area contributed by atoms with Crippen LogP contribution in [0, 0.1) is 0 Å². The van der Waals surface area contributed by atoms with Gasteiger partial charge in [-0.05, 0) is 48.3 Å². The number of rotatable bonds is 4. The average molecular weight is 314 g/mol. The number of para-hydroxylation sites is 1. The van der Waals surface area contributed by atoms with Crippen molar-refractivity contribution in [3.8, 4) is 5.75 Å². The first kappa shape index (κ1) is 13.8. The summed E-state index contributed by atoms with van der Waals surface area (Å²) in [7, 11) is 0. The van der Waals surface area contributed by atoms with E-state index in [1.165, 1.54) is 6.42 Å². The van der Waals surface area contributed by atoms with E-state index in [0.717, 1.165) is 42.7 Å². The quantitative estimate of drug-likeness (QED) is 0.927. The minimum atomic E-state index is 0.345. The molecule has 1 aromatic rings. The smallest absolute Gasteiger partial charge is 0.134 e. The fraction of sp³-hybridized carbons (Fsp3) is 0.571. The standard InChI is InChI=1S/C14H20BrNO2/c1-2-18-12-6-4-8-16(10-12)9-11-5-3-7-13(15)14(11)17/h3,5,7,12,17H,2,4,6,8-10H2,1H3. The van der Waals surface area contributed by atoms with Gasteiger partial charge in [0, 0.05) is 25.3 Å². The van der Waals surface area contributed by atoms with Gasteiger partial charge in [-0.3, -0.25) is 4.90 Å². The van der Waals surface area contributed by atoms with E-state index in [1.807, 2.05) is 25.1 Å². The Hall–Kier alpha value is -0.580. The third-order valence-corrected chi connectivity index (χ3v) is 3.97. The van der Waals surface area contributed by atoms with Gasteiger partial charge in [-0.25, -0.2) is 0 Å². The lowest BCUT2D eigenvalue weighted by Crippen LogP contribution is -2.39. The fourth-order valence-electron chi connectivity index (χ4n) is 2.46. The summed E-state index contributed by atoms with van der Waals surface area (Å²) in [6.45, 7) is 5.64. The van der Waals surface area contributed by atoms with E-state index in [0.29, 0.717) is 11.9 Å².